The molecule has 0 saturated heterocycles. The van der Waals surface area contributed by atoms with Crippen LogP contribution in [0.15, 0.2) is 0 Å². The van der Waals surface area contributed by atoms with E-state index in [0.29, 0.717) is 0 Å². The van der Waals surface area contributed by atoms with Crippen molar-refractivity contribution in [1.29, 1.82) is 0 Å². The van der Waals surface area contributed by atoms with Gasteiger partial charge in [0.05, 0.1) is 0 Å². The Morgan fingerprint density at radius 1 is 0.923 bits per heavy atom. The summed E-state index contributed by atoms with van der Waals surface area (Å²) in [6, 6.07) is 0. The van der Waals surface area contributed by atoms with Gasteiger partial charge in [-0.1, -0.05) is 0 Å². The molecule has 2 atom stereocenters. The fourth-order valence-corrected chi connectivity index (χ4v) is 1.53. The minimum atomic E-state index is -5.01. The molecule has 13 heteroatoms. The van der Waals surface area contributed by atoms with Crippen LogP contribution in [-0.2, 0) is 40.4 Å². The van der Waals surface area contributed by atoms with Gasteiger partial charge in [-0.25, -0.2) is 8.42 Å². The first-order chi connectivity index (χ1) is 4.83. The molecule has 0 bridgehead atoms. The predicted molar refractivity (Wildman–Crippen MR) is 28.9 cm³/mol. The molecule has 0 rings (SSSR count). The third kappa shape index (κ3) is 14.1. The first-order valence-corrected chi connectivity index (χ1v) is 5.00. The summed E-state index contributed by atoms with van der Waals surface area (Å²) in [5.74, 6) is 0. The second-order valence-electron chi connectivity index (χ2n) is 0.953. The van der Waals surface area contributed by atoms with Crippen molar-refractivity contribution in [1.82, 2.24) is 0 Å². The minimum Gasteiger partial charge on any atom is -0.749 e. The van der Waals surface area contributed by atoms with Gasteiger partial charge in [0.2, 0.25) is 0 Å². The Morgan fingerprint density at radius 2 is 1.15 bits per heavy atom. The fourth-order valence-electron chi connectivity index (χ4n) is 0.147. The van der Waals surface area contributed by atoms with Gasteiger partial charge >= 0.3 is 69.5 Å². The smallest absolute Gasteiger partial charge is 0.749 e. The zero-order valence-corrected chi connectivity index (χ0v) is 12.9. The van der Waals surface area contributed by atoms with Crippen molar-refractivity contribution in [3.05, 3.63) is 0 Å². The van der Waals surface area contributed by atoms with Crippen LogP contribution >= 0.6 is 0 Å². The summed E-state index contributed by atoms with van der Waals surface area (Å²) in [6.45, 7) is 0. The van der Waals surface area contributed by atoms with Crippen molar-refractivity contribution >= 4 is 33.1 Å². The van der Waals surface area contributed by atoms with Crippen LogP contribution in [0.25, 0.3) is 0 Å². The molecule has 2 unspecified atom stereocenters. The predicted octanol–water partition coefficient (Wildman–Crippen LogP) is -8.14. The van der Waals surface area contributed by atoms with Crippen molar-refractivity contribution in [2.45, 2.75) is 0 Å². The summed E-state index contributed by atoms with van der Waals surface area (Å²) in [7, 11) is -5.01. The molecule has 0 spiro atoms. The van der Waals surface area contributed by atoms with Crippen molar-refractivity contribution < 1.29 is 92.3 Å². The Balaban J connectivity index is -0.000000500. The van der Waals surface area contributed by atoms with E-state index in [1.165, 1.54) is 0 Å². The second-order valence-corrected chi connectivity index (χ2v) is 3.67. The van der Waals surface area contributed by atoms with E-state index in [1.807, 2.05) is 0 Å². The molecular weight excluding hydrogens is 270 g/mol. The van der Waals surface area contributed by atoms with Gasteiger partial charge in [0, 0.05) is 0 Å². The van der Waals surface area contributed by atoms with E-state index >= 15 is 0 Å². The molecule has 0 aliphatic rings. The normalized spacial score (nSPS) is 14.9. The SMILES string of the molecule is O=S([O-])OS(=O)(=O)OS(=O)[O-].[Na+].[Na+]. The van der Waals surface area contributed by atoms with Crippen LogP contribution in [0, 0.1) is 0 Å². The minimum absolute atomic E-state index is 0. The summed E-state index contributed by atoms with van der Waals surface area (Å²) >= 11 is -6.78. The zero-order chi connectivity index (χ0) is 9.07. The van der Waals surface area contributed by atoms with Gasteiger partial charge in [-0.05, 0) is 0 Å². The third-order valence-electron chi connectivity index (χ3n) is 0.278. The molecule has 13 heavy (non-hydrogen) atoms. The monoisotopic (exact) mass is 270 g/mol. The van der Waals surface area contributed by atoms with Gasteiger partial charge < -0.3 is 9.11 Å². The summed E-state index contributed by atoms with van der Waals surface area (Å²) < 4.78 is 64.1. The van der Waals surface area contributed by atoms with Crippen molar-refractivity contribution in [3.63, 3.8) is 0 Å². The van der Waals surface area contributed by atoms with Crippen molar-refractivity contribution in [3.8, 4) is 0 Å². The standard InChI is InChI=1S/2Na.H2O8S3/c;;1-9(2)7-11(5,6)8-10(3)4/h;;(H,1,2)(H,3,4)/q2*+1;/p-2. The first kappa shape index (κ1) is 20.5. The van der Waals surface area contributed by atoms with Gasteiger partial charge in [-0.2, -0.15) is 15.7 Å². The number of hydrogen-bond donors (Lipinski definition) is 0. The van der Waals surface area contributed by atoms with E-state index in [9.17, 15) is 25.9 Å². The number of hydrogen-bond acceptors (Lipinski definition) is 8. The van der Waals surface area contributed by atoms with E-state index < -0.39 is 33.1 Å². The van der Waals surface area contributed by atoms with Crippen LogP contribution in [0.4, 0.5) is 0 Å². The Kier molecular flexibility index (Phi) is 14.7. The average Bonchev–Trinajstić information content (AvgIpc) is 1.53. The molecule has 0 aromatic heterocycles. The molecule has 0 aliphatic carbocycles. The molecule has 0 amide bonds. The molecule has 0 radical (unpaired) electrons. The molecule has 0 heterocycles. The van der Waals surface area contributed by atoms with Crippen LogP contribution < -0.4 is 59.1 Å². The molecule has 0 N–H and O–H groups in total. The Morgan fingerprint density at radius 3 is 1.31 bits per heavy atom. The van der Waals surface area contributed by atoms with E-state index in [1.54, 1.807) is 0 Å². The van der Waals surface area contributed by atoms with Crippen LogP contribution in [0.1, 0.15) is 0 Å². The van der Waals surface area contributed by atoms with E-state index in [2.05, 4.69) is 7.26 Å². The molecule has 0 fully saturated rings. The molecule has 0 aromatic rings. The van der Waals surface area contributed by atoms with Crippen LogP contribution in [0.5, 0.6) is 0 Å². The van der Waals surface area contributed by atoms with Crippen molar-refractivity contribution in [2.75, 3.05) is 0 Å². The van der Waals surface area contributed by atoms with Gasteiger partial charge in [-0.3, -0.25) is 0 Å². The summed E-state index contributed by atoms with van der Waals surface area (Å²) in [6.07, 6.45) is 0. The maximum Gasteiger partial charge on any atom is 1.00 e. The largest absolute Gasteiger partial charge is 1.00 e. The van der Waals surface area contributed by atoms with Crippen LogP contribution in [0.3, 0.4) is 0 Å². The average molecular weight is 270 g/mol. The Hall–Kier alpha value is 2.09. The maximum absolute atomic E-state index is 10.0. The maximum atomic E-state index is 10.0. The second kappa shape index (κ2) is 9.33. The van der Waals surface area contributed by atoms with E-state index in [-0.39, 0.29) is 59.1 Å². The summed E-state index contributed by atoms with van der Waals surface area (Å²) in [4.78, 5) is 0. The van der Waals surface area contributed by atoms with Gasteiger partial charge in [0.15, 0.2) is 0 Å². The molecule has 68 valence electrons. The fraction of sp³-hybridized carbons (Fsp3) is 0. The van der Waals surface area contributed by atoms with Crippen LogP contribution in [0.2, 0.25) is 0 Å². The van der Waals surface area contributed by atoms with Crippen molar-refractivity contribution in [2.24, 2.45) is 0 Å². The van der Waals surface area contributed by atoms with Gasteiger partial charge in [0.1, 0.15) is 22.7 Å². The number of rotatable bonds is 4. The van der Waals surface area contributed by atoms with Gasteiger partial charge in [-0.15, -0.1) is 0 Å². The third-order valence-corrected chi connectivity index (χ3v) is 2.50. The molecular formula is Na2O8S3. The summed E-state index contributed by atoms with van der Waals surface area (Å²) in [5, 5.41) is 0. The molecule has 0 saturated carbocycles. The molecule has 0 aromatic carbocycles. The molecule has 8 nitrogen and oxygen atoms in total. The molecule has 0 aliphatic heterocycles. The quantitative estimate of drug-likeness (QED) is 0.363. The summed E-state index contributed by atoms with van der Waals surface area (Å²) in [5.41, 5.74) is 0. The van der Waals surface area contributed by atoms with Crippen LogP contribution in [-0.4, -0.2) is 25.9 Å². The van der Waals surface area contributed by atoms with E-state index in [0.717, 1.165) is 0 Å². The first-order valence-electron chi connectivity index (χ1n) is 1.67. The Bertz CT molecular complexity index is 243. The van der Waals surface area contributed by atoms with Gasteiger partial charge in [0.25, 0.3) is 0 Å². The van der Waals surface area contributed by atoms with E-state index in [4.69, 9.17) is 0 Å². The zero-order valence-electron chi connectivity index (χ0n) is 6.49. The topological polar surface area (TPSA) is 133 Å². The Labute approximate surface area is 124 Å².